The first kappa shape index (κ1) is 14.4. The summed E-state index contributed by atoms with van der Waals surface area (Å²) < 4.78 is 38.1. The first-order valence-electron chi connectivity index (χ1n) is 5.79. The fraction of sp³-hybridized carbons (Fsp3) is 0.462. The van der Waals surface area contributed by atoms with E-state index in [4.69, 9.17) is 0 Å². The van der Waals surface area contributed by atoms with Gasteiger partial charge in [-0.05, 0) is 30.0 Å². The summed E-state index contributed by atoms with van der Waals surface area (Å²) >= 11 is 2.84. The Hall–Kier alpha value is -1.04. The summed E-state index contributed by atoms with van der Waals surface area (Å²) in [4.78, 5) is 11.9. The average molecular weight is 336 g/mol. The molecule has 1 aromatic carbocycles. The third-order valence-electron chi connectivity index (χ3n) is 3.35. The van der Waals surface area contributed by atoms with Gasteiger partial charge in [0.25, 0.3) is 5.91 Å². The number of carbonyl (C=O) groups is 1. The Morgan fingerprint density at radius 2 is 2.00 bits per heavy atom. The minimum atomic E-state index is -4.48. The fourth-order valence-electron chi connectivity index (χ4n) is 1.84. The molecule has 19 heavy (non-hydrogen) atoms. The summed E-state index contributed by atoms with van der Waals surface area (Å²) in [6.07, 6.45) is -3.63. The summed E-state index contributed by atoms with van der Waals surface area (Å²) in [5, 5.41) is 2.74. The molecule has 2 nitrogen and oxygen atoms in total. The van der Waals surface area contributed by atoms with E-state index in [0.717, 1.165) is 12.5 Å². The van der Waals surface area contributed by atoms with Crippen molar-refractivity contribution in [1.82, 2.24) is 5.32 Å². The molecule has 104 valence electrons. The minimum absolute atomic E-state index is 0.0261. The zero-order valence-corrected chi connectivity index (χ0v) is 12.0. The van der Waals surface area contributed by atoms with Gasteiger partial charge in [0.05, 0.1) is 5.56 Å². The summed E-state index contributed by atoms with van der Waals surface area (Å²) in [7, 11) is 0. The molecule has 1 saturated carbocycles. The summed E-state index contributed by atoms with van der Waals surface area (Å²) in [6, 6.07) is 3.53. The lowest BCUT2D eigenvalue weighted by atomic mass is 10.1. The molecule has 0 aliphatic heterocycles. The van der Waals surface area contributed by atoms with Gasteiger partial charge in [-0.1, -0.05) is 29.8 Å². The second kappa shape index (κ2) is 4.51. The van der Waals surface area contributed by atoms with E-state index in [9.17, 15) is 18.0 Å². The Morgan fingerprint density at radius 3 is 2.47 bits per heavy atom. The van der Waals surface area contributed by atoms with Gasteiger partial charge in [0.2, 0.25) is 0 Å². The third-order valence-corrected chi connectivity index (χ3v) is 4.04. The first-order chi connectivity index (χ1) is 8.61. The zero-order chi connectivity index (χ0) is 14.4. The van der Waals surface area contributed by atoms with Crippen LogP contribution in [0.1, 0.15) is 36.2 Å². The fourth-order valence-corrected chi connectivity index (χ4v) is 2.31. The van der Waals surface area contributed by atoms with Crippen LogP contribution >= 0.6 is 15.9 Å². The predicted octanol–water partition coefficient (Wildman–Crippen LogP) is 4.00. The molecule has 0 radical (unpaired) electrons. The Labute approximate surface area is 117 Å². The second-order valence-electron chi connectivity index (χ2n) is 5.41. The largest absolute Gasteiger partial charge is 0.417 e. The number of hydrogen-bond acceptors (Lipinski definition) is 1. The highest BCUT2D eigenvalue weighted by molar-refractivity contribution is 9.10. The normalized spacial score (nSPS) is 21.1. The van der Waals surface area contributed by atoms with E-state index in [1.807, 2.05) is 13.8 Å². The number of nitrogens with one attached hydrogen (secondary N) is 1. The van der Waals surface area contributed by atoms with Crippen molar-refractivity contribution in [2.75, 3.05) is 0 Å². The molecule has 0 heterocycles. The lowest BCUT2D eigenvalue weighted by Crippen LogP contribution is -2.28. The van der Waals surface area contributed by atoms with Crippen LogP contribution in [0.15, 0.2) is 22.7 Å². The Kier molecular flexibility index (Phi) is 3.41. The van der Waals surface area contributed by atoms with E-state index in [-0.39, 0.29) is 21.5 Å². The van der Waals surface area contributed by atoms with Crippen molar-refractivity contribution in [3.63, 3.8) is 0 Å². The summed E-state index contributed by atoms with van der Waals surface area (Å²) in [5.74, 6) is -0.464. The van der Waals surface area contributed by atoms with Crippen LogP contribution in [0.3, 0.4) is 0 Å². The van der Waals surface area contributed by atoms with Gasteiger partial charge in [0.15, 0.2) is 0 Å². The van der Waals surface area contributed by atoms with Crippen LogP contribution in [0.5, 0.6) is 0 Å². The van der Waals surface area contributed by atoms with Crippen LogP contribution in [0, 0.1) is 5.41 Å². The highest BCUT2D eigenvalue weighted by Crippen LogP contribution is 2.44. The van der Waals surface area contributed by atoms with Crippen molar-refractivity contribution in [1.29, 1.82) is 0 Å². The number of rotatable bonds is 2. The Balaban J connectivity index is 2.19. The molecule has 1 aliphatic carbocycles. The molecule has 1 aliphatic rings. The van der Waals surface area contributed by atoms with Gasteiger partial charge in [-0.25, -0.2) is 0 Å². The summed E-state index contributed by atoms with van der Waals surface area (Å²) in [6.45, 7) is 4.00. The van der Waals surface area contributed by atoms with Crippen molar-refractivity contribution >= 4 is 21.8 Å². The number of hydrogen-bond donors (Lipinski definition) is 1. The Morgan fingerprint density at radius 1 is 1.42 bits per heavy atom. The van der Waals surface area contributed by atoms with Gasteiger partial charge in [-0.3, -0.25) is 4.79 Å². The van der Waals surface area contributed by atoms with Crippen molar-refractivity contribution < 1.29 is 18.0 Å². The van der Waals surface area contributed by atoms with E-state index in [2.05, 4.69) is 21.2 Å². The molecule has 6 heteroatoms. The van der Waals surface area contributed by atoms with E-state index in [1.165, 1.54) is 12.1 Å². The number of alkyl halides is 3. The molecule has 1 atom stereocenters. The molecule has 0 bridgehead atoms. The van der Waals surface area contributed by atoms with E-state index in [1.54, 1.807) is 0 Å². The smallest absolute Gasteiger partial charge is 0.349 e. The number of benzene rings is 1. The molecule has 1 N–H and O–H groups in total. The lowest BCUT2D eigenvalue weighted by molar-refractivity contribution is -0.138. The van der Waals surface area contributed by atoms with Crippen LogP contribution in [0.2, 0.25) is 0 Å². The molecule has 1 aromatic rings. The maximum Gasteiger partial charge on any atom is 0.417 e. The number of halogens is 4. The zero-order valence-electron chi connectivity index (χ0n) is 10.4. The average Bonchev–Trinajstić information content (AvgIpc) is 2.84. The van der Waals surface area contributed by atoms with Crippen LogP contribution in [-0.4, -0.2) is 11.9 Å². The van der Waals surface area contributed by atoms with Crippen molar-refractivity contribution in [2.45, 2.75) is 32.5 Å². The molecular weight excluding hydrogens is 323 g/mol. The van der Waals surface area contributed by atoms with Crippen LogP contribution < -0.4 is 5.32 Å². The van der Waals surface area contributed by atoms with Crippen molar-refractivity contribution in [3.8, 4) is 0 Å². The summed E-state index contributed by atoms with van der Waals surface area (Å²) in [5.41, 5.74) is -0.772. The third kappa shape index (κ3) is 3.11. The van der Waals surface area contributed by atoms with Crippen LogP contribution in [0.4, 0.5) is 13.2 Å². The van der Waals surface area contributed by atoms with Gasteiger partial charge in [0, 0.05) is 16.1 Å². The van der Waals surface area contributed by atoms with Gasteiger partial charge in [-0.2, -0.15) is 13.2 Å². The molecule has 2 rings (SSSR count). The number of amides is 1. The molecule has 0 saturated heterocycles. The van der Waals surface area contributed by atoms with Gasteiger partial charge in [-0.15, -0.1) is 0 Å². The van der Waals surface area contributed by atoms with Crippen LogP contribution in [0.25, 0.3) is 0 Å². The van der Waals surface area contributed by atoms with Gasteiger partial charge in [0.1, 0.15) is 0 Å². The highest BCUT2D eigenvalue weighted by atomic mass is 79.9. The minimum Gasteiger partial charge on any atom is -0.349 e. The molecule has 0 aromatic heterocycles. The van der Waals surface area contributed by atoms with Crippen molar-refractivity contribution in [3.05, 3.63) is 33.8 Å². The Bertz CT molecular complexity index is 525. The maximum atomic E-state index is 12.7. The predicted molar refractivity (Wildman–Crippen MR) is 68.8 cm³/mol. The van der Waals surface area contributed by atoms with Crippen molar-refractivity contribution in [2.24, 2.45) is 5.41 Å². The molecule has 1 unspecified atom stereocenters. The first-order valence-corrected chi connectivity index (χ1v) is 6.58. The second-order valence-corrected chi connectivity index (χ2v) is 6.27. The SMILES string of the molecule is CC1(C)CC1NC(=O)c1ccc(Br)c(C(F)(F)F)c1. The van der Waals surface area contributed by atoms with E-state index < -0.39 is 17.6 Å². The number of carbonyl (C=O) groups excluding carboxylic acids is 1. The standard InChI is InChI=1S/C13H13BrF3NO/c1-12(2)6-10(12)18-11(19)7-3-4-9(14)8(5-7)13(15,16)17/h3-5,10H,6H2,1-2H3,(H,18,19). The highest BCUT2D eigenvalue weighted by Gasteiger charge is 2.46. The molecule has 1 fully saturated rings. The lowest BCUT2D eigenvalue weighted by Gasteiger charge is -2.12. The molecular formula is C13H13BrF3NO. The maximum absolute atomic E-state index is 12.7. The quantitative estimate of drug-likeness (QED) is 0.869. The van der Waals surface area contributed by atoms with Crippen LogP contribution in [-0.2, 0) is 6.18 Å². The van der Waals surface area contributed by atoms with Gasteiger partial charge >= 0.3 is 6.18 Å². The monoisotopic (exact) mass is 335 g/mol. The van der Waals surface area contributed by atoms with E-state index in [0.29, 0.717) is 0 Å². The topological polar surface area (TPSA) is 29.1 Å². The molecule has 1 amide bonds. The molecule has 0 spiro atoms. The van der Waals surface area contributed by atoms with E-state index >= 15 is 0 Å². The van der Waals surface area contributed by atoms with Gasteiger partial charge < -0.3 is 5.32 Å².